The number of benzene rings is 4. The Balaban J connectivity index is 1.71. The lowest BCUT2D eigenvalue weighted by Gasteiger charge is -2.16. The quantitative estimate of drug-likeness (QED) is 0.154. The van der Waals surface area contributed by atoms with Gasteiger partial charge < -0.3 is 9.84 Å². The average molecular weight is 750 g/mol. The highest BCUT2D eigenvalue weighted by molar-refractivity contribution is 7.93. The average Bonchev–Trinajstić information content (AvgIpc) is 3.27. The van der Waals surface area contributed by atoms with Crippen molar-refractivity contribution >= 4 is 101 Å². The SMILES string of the molecule is Cc1nc2c(NS(=O)(=O)c3ccc(Cl)cc3Cl)c(Oc3ccc(CC(=O)O)cc3Cl)ccc2n1S(=O)(=O)c1ccc(Cl)cc1Cl. The molecule has 0 saturated carbocycles. The topological polar surface area (TPSA) is 145 Å². The van der Waals surface area contributed by atoms with Crippen LogP contribution in [0.5, 0.6) is 11.5 Å². The van der Waals surface area contributed by atoms with E-state index in [1.54, 1.807) is 0 Å². The summed E-state index contributed by atoms with van der Waals surface area (Å²) in [5.41, 5.74) is 0.0251. The van der Waals surface area contributed by atoms with Gasteiger partial charge in [0.1, 0.15) is 32.6 Å². The van der Waals surface area contributed by atoms with Gasteiger partial charge in [0.15, 0.2) is 5.75 Å². The van der Waals surface area contributed by atoms with Crippen molar-refractivity contribution in [2.75, 3.05) is 4.72 Å². The number of carboxylic acids is 1. The van der Waals surface area contributed by atoms with Crippen molar-refractivity contribution in [1.29, 1.82) is 0 Å². The number of imidazole rings is 1. The maximum Gasteiger partial charge on any atom is 0.307 e. The normalized spacial score (nSPS) is 12.0. The van der Waals surface area contributed by atoms with Gasteiger partial charge in [0.05, 0.1) is 27.0 Å². The molecular weight excluding hydrogens is 732 g/mol. The Morgan fingerprint density at radius 3 is 2.00 bits per heavy atom. The molecule has 0 aliphatic rings. The second-order valence-electron chi connectivity index (χ2n) is 9.43. The van der Waals surface area contributed by atoms with Crippen LogP contribution in [0.1, 0.15) is 11.4 Å². The van der Waals surface area contributed by atoms with Crippen LogP contribution < -0.4 is 9.46 Å². The van der Waals surface area contributed by atoms with Gasteiger partial charge in [0.2, 0.25) is 0 Å². The van der Waals surface area contributed by atoms with E-state index < -0.39 is 26.0 Å². The third-order valence-electron chi connectivity index (χ3n) is 6.31. The maximum atomic E-state index is 13.8. The zero-order valence-corrected chi connectivity index (χ0v) is 28.0. The summed E-state index contributed by atoms with van der Waals surface area (Å²) < 4.78 is 64.2. The van der Waals surface area contributed by atoms with Crippen LogP contribution in [0, 0.1) is 6.92 Å². The molecule has 0 fully saturated rings. The lowest BCUT2D eigenvalue weighted by atomic mass is 10.1. The summed E-state index contributed by atoms with van der Waals surface area (Å²) in [6, 6.07) is 14.6. The number of sulfonamides is 1. The van der Waals surface area contributed by atoms with Gasteiger partial charge in [-0.1, -0.05) is 64.1 Å². The first-order valence-electron chi connectivity index (χ1n) is 12.5. The first-order valence-corrected chi connectivity index (χ1v) is 17.3. The number of carbonyl (C=O) groups is 1. The van der Waals surface area contributed by atoms with E-state index in [2.05, 4.69) is 9.71 Å². The smallest absolute Gasteiger partial charge is 0.307 e. The number of aliphatic carboxylic acids is 1. The predicted molar refractivity (Wildman–Crippen MR) is 174 cm³/mol. The second-order valence-corrected chi connectivity index (χ2v) is 14.9. The Kier molecular flexibility index (Phi) is 9.22. The molecule has 0 bridgehead atoms. The second kappa shape index (κ2) is 12.5. The molecule has 45 heavy (non-hydrogen) atoms. The third-order valence-corrected chi connectivity index (χ3v) is 11.2. The van der Waals surface area contributed by atoms with E-state index >= 15 is 0 Å². The molecule has 5 rings (SSSR count). The van der Waals surface area contributed by atoms with Gasteiger partial charge in [-0.3, -0.25) is 9.52 Å². The fourth-order valence-corrected chi connectivity index (χ4v) is 8.73. The molecule has 0 radical (unpaired) electrons. The van der Waals surface area contributed by atoms with Gasteiger partial charge in [-0.25, -0.2) is 25.8 Å². The number of rotatable bonds is 9. The number of nitrogens with zero attached hydrogens (tertiary/aromatic N) is 2. The molecule has 0 amide bonds. The van der Waals surface area contributed by atoms with E-state index in [9.17, 15) is 21.6 Å². The molecule has 1 heterocycles. The number of carboxylic acid groups (broad SMARTS) is 1. The molecule has 5 aromatic rings. The minimum Gasteiger partial charge on any atom is -0.481 e. The standard InChI is InChI=1S/C28H18Cl5N3O7S2/c1-14-34-27-21(36(14)45(41,42)25-9-4-17(30)13-20(25)33)5-7-23(43-22-6-2-15(10-18(22)31)11-26(37)38)28(27)35-44(39,40)24-8-3-16(29)12-19(24)32/h2-10,12-13,35H,11H2,1H3,(H,37,38). The van der Waals surface area contributed by atoms with Crippen LogP contribution in [0.2, 0.25) is 25.1 Å². The van der Waals surface area contributed by atoms with Crippen molar-refractivity contribution in [2.45, 2.75) is 23.1 Å². The van der Waals surface area contributed by atoms with Gasteiger partial charge in [-0.2, -0.15) is 0 Å². The van der Waals surface area contributed by atoms with E-state index in [0.29, 0.717) is 5.56 Å². The fourth-order valence-electron chi connectivity index (χ4n) is 4.40. The molecule has 2 N–H and O–H groups in total. The molecule has 234 valence electrons. The summed E-state index contributed by atoms with van der Waals surface area (Å²) >= 11 is 30.7. The minimum absolute atomic E-state index is 0.0197. The van der Waals surface area contributed by atoms with E-state index in [4.69, 9.17) is 67.8 Å². The summed E-state index contributed by atoms with van der Waals surface area (Å²) in [7, 11) is -8.83. The van der Waals surface area contributed by atoms with Crippen LogP contribution in [0.4, 0.5) is 5.69 Å². The maximum absolute atomic E-state index is 13.8. The number of hydrogen-bond acceptors (Lipinski definition) is 7. The molecule has 4 aromatic carbocycles. The van der Waals surface area contributed by atoms with Crippen molar-refractivity contribution < 1.29 is 31.5 Å². The number of halogens is 5. The highest BCUT2D eigenvalue weighted by Crippen LogP contribution is 2.41. The van der Waals surface area contributed by atoms with Crippen LogP contribution >= 0.6 is 58.0 Å². The first kappa shape index (κ1) is 33.1. The Hall–Kier alpha value is -3.23. The van der Waals surface area contributed by atoms with Crippen LogP contribution in [-0.4, -0.2) is 36.9 Å². The molecule has 0 spiro atoms. The Bertz CT molecular complexity index is 2240. The van der Waals surface area contributed by atoms with Gasteiger partial charge in [-0.15, -0.1) is 0 Å². The molecule has 0 aliphatic carbocycles. The largest absolute Gasteiger partial charge is 0.481 e. The van der Waals surface area contributed by atoms with Crippen molar-refractivity contribution in [3.05, 3.63) is 103 Å². The highest BCUT2D eigenvalue weighted by atomic mass is 35.5. The third kappa shape index (κ3) is 6.68. The number of nitrogens with one attached hydrogen (secondary N) is 1. The molecule has 10 nitrogen and oxygen atoms in total. The van der Waals surface area contributed by atoms with Gasteiger partial charge in [0, 0.05) is 10.0 Å². The van der Waals surface area contributed by atoms with Gasteiger partial charge in [-0.05, 0) is 73.2 Å². The fraction of sp³-hybridized carbons (Fsp3) is 0.0714. The summed E-state index contributed by atoms with van der Waals surface area (Å²) in [6.07, 6.45) is -0.290. The molecule has 0 unspecified atom stereocenters. The summed E-state index contributed by atoms with van der Waals surface area (Å²) in [5, 5.41) is 9.24. The van der Waals surface area contributed by atoms with Gasteiger partial charge >= 0.3 is 5.97 Å². The van der Waals surface area contributed by atoms with Crippen LogP contribution in [0.15, 0.2) is 76.5 Å². The van der Waals surface area contributed by atoms with E-state index in [-0.39, 0.29) is 75.4 Å². The lowest BCUT2D eigenvalue weighted by Crippen LogP contribution is -2.16. The van der Waals surface area contributed by atoms with Crippen molar-refractivity contribution in [3.63, 3.8) is 0 Å². The van der Waals surface area contributed by atoms with Crippen molar-refractivity contribution in [3.8, 4) is 11.5 Å². The highest BCUT2D eigenvalue weighted by Gasteiger charge is 2.29. The van der Waals surface area contributed by atoms with Crippen LogP contribution in [0.25, 0.3) is 11.0 Å². The minimum atomic E-state index is -4.45. The number of hydrogen-bond donors (Lipinski definition) is 2. The van der Waals surface area contributed by atoms with Crippen LogP contribution in [-0.2, 0) is 31.3 Å². The number of ether oxygens (including phenoxy) is 1. The Morgan fingerprint density at radius 2 is 1.42 bits per heavy atom. The predicted octanol–water partition coefficient (Wildman–Crippen LogP) is 8.07. The van der Waals surface area contributed by atoms with E-state index in [1.807, 2.05) is 0 Å². The first-order chi connectivity index (χ1) is 21.1. The Labute approximate surface area is 282 Å². The molecule has 1 aromatic heterocycles. The van der Waals surface area contributed by atoms with E-state index in [0.717, 1.165) is 3.97 Å². The van der Waals surface area contributed by atoms with Gasteiger partial charge in [0.25, 0.3) is 20.0 Å². The summed E-state index contributed by atoms with van der Waals surface area (Å²) in [5.74, 6) is -1.17. The zero-order chi connectivity index (χ0) is 32.8. The van der Waals surface area contributed by atoms with Crippen molar-refractivity contribution in [2.24, 2.45) is 0 Å². The number of fused-ring (bicyclic) bond motifs is 1. The lowest BCUT2D eigenvalue weighted by molar-refractivity contribution is -0.136. The zero-order valence-electron chi connectivity index (χ0n) is 22.6. The Morgan fingerprint density at radius 1 is 0.822 bits per heavy atom. The molecular formula is C28H18Cl5N3O7S2. The number of anilines is 1. The molecule has 0 atom stereocenters. The summed E-state index contributed by atoms with van der Waals surface area (Å²) in [6.45, 7) is 1.41. The van der Waals surface area contributed by atoms with E-state index in [1.165, 1.54) is 73.7 Å². The summed E-state index contributed by atoms with van der Waals surface area (Å²) in [4.78, 5) is 14.9. The molecule has 17 heteroatoms. The molecule has 0 aliphatic heterocycles. The monoisotopic (exact) mass is 747 g/mol. The van der Waals surface area contributed by atoms with Crippen molar-refractivity contribution in [1.82, 2.24) is 8.96 Å². The molecule has 0 saturated heterocycles. The number of aryl methyl sites for hydroxylation is 1. The number of aromatic nitrogens is 2. The van der Waals surface area contributed by atoms with Crippen LogP contribution in [0.3, 0.4) is 0 Å².